The first-order chi connectivity index (χ1) is 8.90. The quantitative estimate of drug-likeness (QED) is 0.675. The molecule has 2 unspecified atom stereocenters. The van der Waals surface area contributed by atoms with Gasteiger partial charge in [0.25, 0.3) is 5.88 Å². The van der Waals surface area contributed by atoms with E-state index in [1.165, 1.54) is 0 Å². The molecule has 2 atom stereocenters. The Kier molecular flexibility index (Phi) is 6.14. The topological polar surface area (TPSA) is 34.1 Å². The van der Waals surface area contributed by atoms with Gasteiger partial charge in [-0.05, 0) is 33.9 Å². The van der Waals surface area contributed by atoms with Crippen molar-refractivity contribution < 1.29 is 9.47 Å². The van der Waals surface area contributed by atoms with Crippen molar-refractivity contribution in [1.29, 1.82) is 0 Å². The van der Waals surface area contributed by atoms with E-state index in [-0.39, 0.29) is 6.10 Å². The summed E-state index contributed by atoms with van der Waals surface area (Å²) in [6.45, 7) is 8.13. The third-order valence-corrected chi connectivity index (χ3v) is 3.65. The molecule has 0 amide bonds. The minimum atomic E-state index is -0.564. The van der Waals surface area contributed by atoms with Gasteiger partial charge in [0.05, 0.1) is 13.2 Å². The second-order valence-corrected chi connectivity index (χ2v) is 6.00. The van der Waals surface area contributed by atoms with E-state index in [9.17, 15) is 0 Å². The molecular formula is C14H25ClN2O2. The molecule has 110 valence electrons. The highest BCUT2D eigenvalue weighted by Crippen LogP contribution is 2.34. The van der Waals surface area contributed by atoms with Gasteiger partial charge in [-0.2, -0.15) is 0 Å². The van der Waals surface area contributed by atoms with E-state index in [4.69, 9.17) is 21.1 Å². The predicted molar refractivity (Wildman–Crippen MR) is 79.7 cm³/mol. The first kappa shape index (κ1) is 16.3. The molecular weight excluding hydrogens is 264 g/mol. The standard InChI is InChI=1S/C14H25ClN2O2/c1-6-17(4)10-7-11(2)19-13-12(18-5)14(3,15)8-9-16-13/h9,11H,6-8,10H2,1-5H3. The predicted octanol–water partition coefficient (Wildman–Crippen LogP) is 3.02. The Morgan fingerprint density at radius 1 is 1.58 bits per heavy atom. The normalized spacial score (nSPS) is 24.8. The van der Waals surface area contributed by atoms with E-state index >= 15 is 0 Å². The van der Waals surface area contributed by atoms with Crippen molar-refractivity contribution in [3.05, 3.63) is 11.6 Å². The molecule has 0 bridgehead atoms. The molecule has 0 fully saturated rings. The third-order valence-electron chi connectivity index (χ3n) is 3.32. The molecule has 0 radical (unpaired) electrons. The first-order valence-corrected chi connectivity index (χ1v) is 7.14. The van der Waals surface area contributed by atoms with Gasteiger partial charge in [-0.1, -0.05) is 6.92 Å². The molecule has 1 aliphatic rings. The number of nitrogens with zero attached hydrogens (tertiary/aromatic N) is 2. The Morgan fingerprint density at radius 2 is 2.26 bits per heavy atom. The lowest BCUT2D eigenvalue weighted by molar-refractivity contribution is 0.0906. The van der Waals surface area contributed by atoms with Crippen LogP contribution < -0.4 is 0 Å². The minimum absolute atomic E-state index is 0.0804. The fourth-order valence-electron chi connectivity index (χ4n) is 1.87. The molecule has 0 saturated heterocycles. The van der Waals surface area contributed by atoms with Gasteiger partial charge in [-0.15, -0.1) is 11.6 Å². The van der Waals surface area contributed by atoms with Crippen molar-refractivity contribution >= 4 is 17.8 Å². The van der Waals surface area contributed by atoms with E-state index in [1.54, 1.807) is 13.3 Å². The monoisotopic (exact) mass is 288 g/mol. The van der Waals surface area contributed by atoms with Gasteiger partial charge in [0.1, 0.15) is 4.87 Å². The number of hydrogen-bond acceptors (Lipinski definition) is 4. The molecule has 0 saturated carbocycles. The van der Waals surface area contributed by atoms with Crippen molar-refractivity contribution in [3.63, 3.8) is 0 Å². The molecule has 0 aliphatic carbocycles. The number of methoxy groups -OCH3 is 1. The van der Waals surface area contributed by atoms with Gasteiger partial charge in [-0.25, -0.2) is 4.99 Å². The zero-order chi connectivity index (χ0) is 14.5. The van der Waals surface area contributed by atoms with Crippen molar-refractivity contribution in [1.82, 2.24) is 4.90 Å². The van der Waals surface area contributed by atoms with Crippen LogP contribution in [0.4, 0.5) is 0 Å². The number of aliphatic imine (C=N–C) groups is 1. The largest absolute Gasteiger partial charge is 0.494 e. The van der Waals surface area contributed by atoms with E-state index in [0.717, 1.165) is 19.5 Å². The van der Waals surface area contributed by atoms with Crippen LogP contribution >= 0.6 is 11.6 Å². The van der Waals surface area contributed by atoms with E-state index < -0.39 is 4.87 Å². The van der Waals surface area contributed by atoms with E-state index in [0.29, 0.717) is 18.1 Å². The summed E-state index contributed by atoms with van der Waals surface area (Å²) in [5, 5.41) is 0. The maximum absolute atomic E-state index is 6.40. The summed E-state index contributed by atoms with van der Waals surface area (Å²) >= 11 is 6.40. The number of ether oxygens (including phenoxy) is 2. The van der Waals surface area contributed by atoms with E-state index in [1.807, 2.05) is 13.8 Å². The van der Waals surface area contributed by atoms with Crippen LogP contribution in [0.1, 0.15) is 33.6 Å². The Bertz CT molecular complexity index is 353. The Labute approximate surface area is 121 Å². The van der Waals surface area contributed by atoms with Gasteiger partial charge >= 0.3 is 0 Å². The summed E-state index contributed by atoms with van der Waals surface area (Å²) in [5.74, 6) is 1.13. The zero-order valence-electron chi connectivity index (χ0n) is 12.6. The second-order valence-electron chi connectivity index (χ2n) is 5.16. The zero-order valence-corrected chi connectivity index (χ0v) is 13.3. The van der Waals surface area contributed by atoms with Gasteiger partial charge in [0.2, 0.25) is 0 Å². The summed E-state index contributed by atoms with van der Waals surface area (Å²) in [6, 6.07) is 0. The molecule has 1 rings (SSSR count). The molecule has 0 N–H and O–H groups in total. The first-order valence-electron chi connectivity index (χ1n) is 6.76. The van der Waals surface area contributed by atoms with Crippen LogP contribution in [0.3, 0.4) is 0 Å². The van der Waals surface area contributed by atoms with Crippen LogP contribution in [-0.2, 0) is 9.47 Å². The van der Waals surface area contributed by atoms with Crippen molar-refractivity contribution in [3.8, 4) is 0 Å². The Hall–Kier alpha value is -0.740. The van der Waals surface area contributed by atoms with Crippen LogP contribution in [-0.4, -0.2) is 49.3 Å². The smallest absolute Gasteiger partial charge is 0.254 e. The summed E-state index contributed by atoms with van der Waals surface area (Å²) in [6.07, 6.45) is 3.46. The molecule has 0 aromatic carbocycles. The number of alkyl halides is 1. The highest BCUT2D eigenvalue weighted by molar-refractivity contribution is 6.26. The van der Waals surface area contributed by atoms with Crippen LogP contribution in [0.2, 0.25) is 0 Å². The van der Waals surface area contributed by atoms with Crippen molar-refractivity contribution in [2.45, 2.75) is 44.6 Å². The summed E-state index contributed by atoms with van der Waals surface area (Å²) in [4.78, 5) is 5.96. The van der Waals surface area contributed by atoms with Crippen molar-refractivity contribution in [2.75, 3.05) is 27.2 Å². The molecule has 19 heavy (non-hydrogen) atoms. The van der Waals surface area contributed by atoms with Gasteiger partial charge in [0.15, 0.2) is 5.76 Å². The van der Waals surface area contributed by atoms with E-state index in [2.05, 4.69) is 23.9 Å². The molecule has 0 aromatic heterocycles. The molecule has 1 aliphatic heterocycles. The molecule has 0 aromatic rings. The Balaban J connectivity index is 2.63. The second kappa shape index (κ2) is 7.15. The third kappa shape index (κ3) is 4.69. The van der Waals surface area contributed by atoms with Crippen LogP contribution in [0.15, 0.2) is 16.6 Å². The lowest BCUT2D eigenvalue weighted by atomic mass is 10.0. The number of allylic oxidation sites excluding steroid dienone is 1. The van der Waals surface area contributed by atoms with Gasteiger partial charge < -0.3 is 14.4 Å². The maximum atomic E-state index is 6.40. The van der Waals surface area contributed by atoms with Crippen molar-refractivity contribution in [2.24, 2.45) is 4.99 Å². The average molecular weight is 289 g/mol. The summed E-state index contributed by atoms with van der Waals surface area (Å²) < 4.78 is 11.2. The lowest BCUT2D eigenvalue weighted by Crippen LogP contribution is -2.28. The highest BCUT2D eigenvalue weighted by atomic mass is 35.5. The highest BCUT2D eigenvalue weighted by Gasteiger charge is 2.34. The fraction of sp³-hybridized carbons (Fsp3) is 0.786. The minimum Gasteiger partial charge on any atom is -0.494 e. The fourth-order valence-corrected chi connectivity index (χ4v) is 2.10. The van der Waals surface area contributed by atoms with Gasteiger partial charge in [0, 0.05) is 19.2 Å². The maximum Gasteiger partial charge on any atom is 0.254 e. The lowest BCUT2D eigenvalue weighted by Gasteiger charge is -2.28. The average Bonchev–Trinajstić information content (AvgIpc) is 2.35. The number of halogens is 1. The molecule has 0 spiro atoms. The molecule has 1 heterocycles. The summed E-state index contributed by atoms with van der Waals surface area (Å²) in [7, 11) is 3.71. The number of rotatable bonds is 7. The van der Waals surface area contributed by atoms with Crippen LogP contribution in [0, 0.1) is 0 Å². The Morgan fingerprint density at radius 3 is 2.84 bits per heavy atom. The molecule has 4 nitrogen and oxygen atoms in total. The summed E-state index contributed by atoms with van der Waals surface area (Å²) in [5.41, 5.74) is 0. The number of hydrogen-bond donors (Lipinski definition) is 0. The van der Waals surface area contributed by atoms with Crippen LogP contribution in [0.25, 0.3) is 0 Å². The SMILES string of the molecule is CCN(C)CCC(C)OC1=C(OC)C(C)(Cl)CC=N1. The van der Waals surface area contributed by atoms with Crippen LogP contribution in [0.5, 0.6) is 0 Å². The van der Waals surface area contributed by atoms with Gasteiger partial charge in [-0.3, -0.25) is 0 Å². The molecule has 5 heteroatoms.